The van der Waals surface area contributed by atoms with Crippen LogP contribution in [0, 0.1) is 5.92 Å². The Bertz CT molecular complexity index is 1060. The average molecular weight is 499 g/mol. The number of esters is 1. The molecular weight excluding hydrogens is 464 g/mol. The Labute approximate surface area is 210 Å². The summed E-state index contributed by atoms with van der Waals surface area (Å²) in [7, 11) is 0. The summed E-state index contributed by atoms with van der Waals surface area (Å²) >= 11 is 1.23. The monoisotopic (exact) mass is 498 g/mol. The van der Waals surface area contributed by atoms with Crippen molar-refractivity contribution in [3.63, 3.8) is 0 Å². The molecule has 0 aliphatic heterocycles. The number of benzene rings is 1. The van der Waals surface area contributed by atoms with Gasteiger partial charge in [0, 0.05) is 11.4 Å². The van der Waals surface area contributed by atoms with Crippen molar-refractivity contribution in [2.24, 2.45) is 17.4 Å². The molecule has 35 heavy (non-hydrogen) atoms. The molecule has 1 aliphatic carbocycles. The van der Waals surface area contributed by atoms with Gasteiger partial charge in [0.1, 0.15) is 17.1 Å². The van der Waals surface area contributed by atoms with Gasteiger partial charge in [-0.1, -0.05) is 50.3 Å². The van der Waals surface area contributed by atoms with Crippen LogP contribution in [-0.4, -0.2) is 36.6 Å². The van der Waals surface area contributed by atoms with Gasteiger partial charge in [0.25, 0.3) is 5.91 Å². The van der Waals surface area contributed by atoms with Crippen LogP contribution in [0.5, 0.6) is 0 Å². The molecule has 3 rings (SSSR count). The quantitative estimate of drug-likeness (QED) is 0.338. The van der Waals surface area contributed by atoms with E-state index in [9.17, 15) is 14.4 Å². The molecule has 1 aromatic carbocycles. The number of carbonyl (C=O) groups excluding carboxylic acids is 3. The maximum absolute atomic E-state index is 12.6. The van der Waals surface area contributed by atoms with E-state index in [0.717, 1.165) is 48.1 Å². The van der Waals surface area contributed by atoms with E-state index in [1.807, 2.05) is 36.4 Å². The smallest absolute Gasteiger partial charge is 0.323 e. The zero-order chi connectivity index (χ0) is 25.4. The predicted molar refractivity (Wildman–Crippen MR) is 140 cm³/mol. The van der Waals surface area contributed by atoms with E-state index >= 15 is 0 Å². The standard InChI is InChI=1S/C26H34N4O4S/c1-16(2)14-21(25(32)34-19-7-3-4-8-19)29-13-5-6-17-9-11-18(12-10-17)22-15-20(23(27)31)24(35-22)30-26(28)33/h5-6,9-12,15-16,19,21,29H,3-4,7-8,13-14H2,1-2H3,(H2,27,31)(H3,28,30,33)/t21-/m1/s1. The van der Waals surface area contributed by atoms with Crippen LogP contribution >= 0.6 is 11.3 Å². The Balaban J connectivity index is 1.59. The van der Waals surface area contributed by atoms with Gasteiger partial charge in [0.2, 0.25) is 0 Å². The fourth-order valence-electron chi connectivity index (χ4n) is 4.07. The van der Waals surface area contributed by atoms with Crippen molar-refractivity contribution in [3.8, 4) is 10.4 Å². The molecule has 6 N–H and O–H groups in total. The number of rotatable bonds is 11. The summed E-state index contributed by atoms with van der Waals surface area (Å²) in [5, 5.41) is 6.09. The lowest BCUT2D eigenvalue weighted by atomic mass is 10.0. The van der Waals surface area contributed by atoms with Crippen molar-refractivity contribution in [2.45, 2.75) is 58.1 Å². The van der Waals surface area contributed by atoms with Gasteiger partial charge in [-0.25, -0.2) is 4.79 Å². The van der Waals surface area contributed by atoms with Gasteiger partial charge in [0.05, 0.1) is 5.56 Å². The predicted octanol–water partition coefficient (Wildman–Crippen LogP) is 4.51. The highest BCUT2D eigenvalue weighted by Crippen LogP contribution is 2.35. The summed E-state index contributed by atoms with van der Waals surface area (Å²) in [5.41, 5.74) is 12.7. The van der Waals surface area contributed by atoms with Crippen LogP contribution in [0.1, 0.15) is 61.9 Å². The summed E-state index contributed by atoms with van der Waals surface area (Å²) in [6.07, 6.45) is 8.96. The molecule has 1 aliphatic rings. The molecule has 1 atom stereocenters. The summed E-state index contributed by atoms with van der Waals surface area (Å²) in [6, 6.07) is 8.35. The average Bonchev–Trinajstić information content (AvgIpc) is 3.45. The zero-order valence-corrected chi connectivity index (χ0v) is 21.0. The molecule has 8 nitrogen and oxygen atoms in total. The van der Waals surface area contributed by atoms with Gasteiger partial charge in [0.15, 0.2) is 0 Å². The van der Waals surface area contributed by atoms with Crippen LogP contribution in [0.3, 0.4) is 0 Å². The van der Waals surface area contributed by atoms with E-state index < -0.39 is 11.9 Å². The van der Waals surface area contributed by atoms with E-state index in [-0.39, 0.29) is 23.7 Å². The largest absolute Gasteiger partial charge is 0.461 e. The Morgan fingerprint density at radius 1 is 1.14 bits per heavy atom. The number of primary amides is 2. The third-order valence-electron chi connectivity index (χ3n) is 5.80. The van der Waals surface area contributed by atoms with Crippen LogP contribution in [0.25, 0.3) is 16.5 Å². The second kappa shape index (κ2) is 12.5. The molecule has 0 spiro atoms. The minimum atomic E-state index is -0.752. The van der Waals surface area contributed by atoms with E-state index in [4.69, 9.17) is 16.2 Å². The first-order valence-electron chi connectivity index (χ1n) is 11.9. The molecule has 1 heterocycles. The molecule has 0 radical (unpaired) electrons. The lowest BCUT2D eigenvalue weighted by molar-refractivity contribution is -0.151. The van der Waals surface area contributed by atoms with Gasteiger partial charge >= 0.3 is 12.0 Å². The Hall–Kier alpha value is -3.17. The summed E-state index contributed by atoms with van der Waals surface area (Å²) in [6.45, 7) is 4.75. The number of urea groups is 1. The van der Waals surface area contributed by atoms with Crippen molar-refractivity contribution in [2.75, 3.05) is 11.9 Å². The van der Waals surface area contributed by atoms with E-state index in [0.29, 0.717) is 17.5 Å². The molecule has 9 heteroatoms. The summed E-state index contributed by atoms with van der Waals surface area (Å²) < 4.78 is 5.71. The first-order valence-corrected chi connectivity index (χ1v) is 12.8. The topological polar surface area (TPSA) is 137 Å². The van der Waals surface area contributed by atoms with E-state index in [1.54, 1.807) is 6.07 Å². The number of amides is 3. The molecule has 1 fully saturated rings. The highest BCUT2D eigenvalue weighted by atomic mass is 32.1. The highest BCUT2D eigenvalue weighted by Gasteiger charge is 2.25. The van der Waals surface area contributed by atoms with Crippen molar-refractivity contribution < 1.29 is 19.1 Å². The molecular formula is C26H34N4O4S. The number of ether oxygens (including phenoxy) is 1. The number of nitrogens with one attached hydrogen (secondary N) is 2. The van der Waals surface area contributed by atoms with Crippen LogP contribution in [-0.2, 0) is 9.53 Å². The van der Waals surface area contributed by atoms with Crippen molar-refractivity contribution >= 4 is 40.3 Å². The summed E-state index contributed by atoms with van der Waals surface area (Å²) in [5.74, 6) is -0.405. The van der Waals surface area contributed by atoms with E-state index in [1.165, 1.54) is 11.3 Å². The molecule has 0 unspecified atom stereocenters. The maximum Gasteiger partial charge on any atom is 0.323 e. The Morgan fingerprint density at radius 3 is 2.43 bits per heavy atom. The maximum atomic E-state index is 12.6. The second-order valence-electron chi connectivity index (χ2n) is 9.17. The second-order valence-corrected chi connectivity index (χ2v) is 10.2. The fourth-order valence-corrected chi connectivity index (χ4v) is 5.14. The lowest BCUT2D eigenvalue weighted by Gasteiger charge is -2.21. The molecule has 1 saturated carbocycles. The van der Waals surface area contributed by atoms with Gasteiger partial charge in [-0.3, -0.25) is 14.9 Å². The number of anilines is 1. The minimum absolute atomic E-state index is 0.0677. The molecule has 188 valence electrons. The third kappa shape index (κ3) is 7.93. The van der Waals surface area contributed by atoms with Crippen LogP contribution in [0.2, 0.25) is 0 Å². The molecule has 3 amide bonds. The van der Waals surface area contributed by atoms with Gasteiger partial charge < -0.3 is 21.5 Å². The summed E-state index contributed by atoms with van der Waals surface area (Å²) in [4.78, 5) is 36.3. The van der Waals surface area contributed by atoms with Gasteiger partial charge in [-0.05, 0) is 55.2 Å². The first-order chi connectivity index (χ1) is 16.7. The number of nitrogens with two attached hydrogens (primary N) is 2. The highest BCUT2D eigenvalue weighted by molar-refractivity contribution is 7.20. The number of thiophene rings is 1. The number of carbonyl (C=O) groups is 3. The normalized spacial score (nSPS) is 14.9. The van der Waals surface area contributed by atoms with Crippen molar-refractivity contribution in [1.29, 1.82) is 0 Å². The third-order valence-corrected chi connectivity index (χ3v) is 6.90. The van der Waals surface area contributed by atoms with Crippen LogP contribution in [0.15, 0.2) is 36.4 Å². The Kier molecular flexibility index (Phi) is 9.45. The lowest BCUT2D eigenvalue weighted by Crippen LogP contribution is -2.40. The van der Waals surface area contributed by atoms with Crippen LogP contribution < -0.4 is 22.1 Å². The van der Waals surface area contributed by atoms with Crippen molar-refractivity contribution in [3.05, 3.63) is 47.5 Å². The molecule has 0 bridgehead atoms. The van der Waals surface area contributed by atoms with Crippen LogP contribution in [0.4, 0.5) is 9.80 Å². The molecule has 2 aromatic rings. The fraction of sp³-hybridized carbons (Fsp3) is 0.423. The molecule has 1 aromatic heterocycles. The first kappa shape index (κ1) is 26.4. The SMILES string of the molecule is CC(C)C[C@@H](NCC=Cc1ccc(-c2cc(C(N)=O)c(NC(N)=O)s2)cc1)C(=O)OC1CCCC1. The number of hydrogen-bond acceptors (Lipinski definition) is 6. The van der Waals surface area contributed by atoms with E-state index in [2.05, 4.69) is 24.5 Å². The Morgan fingerprint density at radius 2 is 1.83 bits per heavy atom. The minimum Gasteiger partial charge on any atom is -0.461 e. The van der Waals surface area contributed by atoms with Gasteiger partial charge in [-0.15, -0.1) is 11.3 Å². The van der Waals surface area contributed by atoms with Gasteiger partial charge in [-0.2, -0.15) is 0 Å². The number of hydrogen-bond donors (Lipinski definition) is 4. The molecule has 0 saturated heterocycles. The van der Waals surface area contributed by atoms with Crippen molar-refractivity contribution in [1.82, 2.24) is 5.32 Å². The zero-order valence-electron chi connectivity index (χ0n) is 20.2.